The van der Waals surface area contributed by atoms with Crippen molar-refractivity contribution in [2.24, 2.45) is 0 Å². The third-order valence-electron chi connectivity index (χ3n) is 8.09. The predicted molar refractivity (Wildman–Crippen MR) is 169 cm³/mol. The molecule has 4 aromatic carbocycles. The third kappa shape index (κ3) is 4.01. The predicted octanol–water partition coefficient (Wildman–Crippen LogP) is 9.06. The monoisotopic (exact) mass is 722 g/mol. The summed E-state index contributed by atoms with van der Waals surface area (Å²) < 4.78 is 4.45. The first-order valence-corrected chi connectivity index (χ1v) is 13.9. The molecule has 0 amide bonds. The van der Waals surface area contributed by atoms with Crippen molar-refractivity contribution >= 4 is 43.9 Å². The zero-order valence-electron chi connectivity index (χ0n) is 23.5. The Hall–Kier alpha value is -4.53. The van der Waals surface area contributed by atoms with Crippen LogP contribution in [0.5, 0.6) is 0 Å². The van der Waals surface area contributed by atoms with Gasteiger partial charge in [-0.1, -0.05) is 59.3 Å². The van der Waals surface area contributed by atoms with Gasteiger partial charge < -0.3 is 4.57 Å². The van der Waals surface area contributed by atoms with Crippen LogP contribution in [0, 0.1) is 26.8 Å². The van der Waals surface area contributed by atoms with E-state index in [9.17, 15) is 0 Å². The van der Waals surface area contributed by atoms with Gasteiger partial charge in [0.2, 0.25) is 0 Å². The van der Waals surface area contributed by atoms with Crippen molar-refractivity contribution in [1.82, 2.24) is 19.1 Å². The van der Waals surface area contributed by atoms with Crippen molar-refractivity contribution in [1.29, 1.82) is 0 Å². The number of aromatic nitrogens is 4. The molecule has 0 saturated carbocycles. The van der Waals surface area contributed by atoms with E-state index in [0.29, 0.717) is 0 Å². The summed E-state index contributed by atoms with van der Waals surface area (Å²) in [4.78, 5) is 10.6. The molecule has 0 aliphatic rings. The Kier molecular flexibility index (Phi) is 6.33. The molecule has 206 valence electrons. The maximum atomic E-state index is 5.45. The van der Waals surface area contributed by atoms with Gasteiger partial charge >= 0.3 is 0 Å². The molecule has 8 rings (SSSR count). The number of benzene rings is 4. The van der Waals surface area contributed by atoms with Crippen LogP contribution in [0.25, 0.3) is 66.6 Å². The van der Waals surface area contributed by atoms with Crippen LogP contribution in [0.4, 0.5) is 0 Å². The van der Waals surface area contributed by atoms with Gasteiger partial charge in [-0.15, -0.1) is 6.07 Å². The summed E-state index contributed by atoms with van der Waals surface area (Å²) in [7, 11) is 0. The minimum atomic E-state index is 0. The number of hydrogen-bond donors (Lipinski definition) is 0. The van der Waals surface area contributed by atoms with E-state index < -0.39 is 0 Å². The first-order valence-electron chi connectivity index (χ1n) is 13.9. The molecule has 0 unspecified atom stereocenters. The Labute approximate surface area is 258 Å². The average Bonchev–Trinajstić information content (AvgIpc) is 3.48. The van der Waals surface area contributed by atoms with Gasteiger partial charge in [0.15, 0.2) is 0 Å². The molecule has 0 saturated heterocycles. The Morgan fingerprint density at radius 2 is 1.24 bits per heavy atom. The van der Waals surface area contributed by atoms with E-state index in [0.717, 1.165) is 55.9 Å². The van der Waals surface area contributed by atoms with Crippen LogP contribution in [0.3, 0.4) is 0 Å². The molecule has 0 N–H and O–H groups in total. The smallest absolute Gasteiger partial charge is 0.149 e. The van der Waals surface area contributed by atoms with Crippen LogP contribution in [0.2, 0.25) is 0 Å². The molecule has 4 heterocycles. The van der Waals surface area contributed by atoms with E-state index in [-0.39, 0.29) is 21.1 Å². The second-order valence-corrected chi connectivity index (χ2v) is 10.9. The van der Waals surface area contributed by atoms with Gasteiger partial charge in [-0.2, -0.15) is 24.3 Å². The van der Waals surface area contributed by atoms with Gasteiger partial charge in [-0.3, -0.25) is 4.57 Å². The largest absolute Gasteiger partial charge is 0.318 e. The van der Waals surface area contributed by atoms with Gasteiger partial charge in [-0.25, -0.2) is 9.97 Å². The normalized spacial score (nSPS) is 11.5. The van der Waals surface area contributed by atoms with Crippen LogP contribution in [-0.4, -0.2) is 19.1 Å². The molecule has 0 radical (unpaired) electrons. The summed E-state index contributed by atoms with van der Waals surface area (Å²) in [5.74, 6) is 0.853. The van der Waals surface area contributed by atoms with Crippen molar-refractivity contribution < 1.29 is 21.1 Å². The molecule has 0 aliphatic heterocycles. The van der Waals surface area contributed by atoms with E-state index in [4.69, 9.17) is 9.97 Å². The zero-order chi connectivity index (χ0) is 27.7. The van der Waals surface area contributed by atoms with Crippen molar-refractivity contribution in [3.63, 3.8) is 0 Å². The van der Waals surface area contributed by atoms with Gasteiger partial charge in [0, 0.05) is 48.2 Å². The first kappa shape index (κ1) is 26.4. The molecule has 4 nitrogen and oxygen atoms in total. The van der Waals surface area contributed by atoms with Crippen LogP contribution >= 0.6 is 0 Å². The van der Waals surface area contributed by atoms with E-state index >= 15 is 0 Å². The van der Waals surface area contributed by atoms with Crippen LogP contribution in [0.1, 0.15) is 16.7 Å². The molecule has 0 atom stereocenters. The molecule has 0 fully saturated rings. The fourth-order valence-electron chi connectivity index (χ4n) is 6.14. The number of hydrogen-bond acceptors (Lipinski definition) is 2. The van der Waals surface area contributed by atoms with Gasteiger partial charge in [0.25, 0.3) is 0 Å². The number of para-hydroxylation sites is 1. The van der Waals surface area contributed by atoms with Crippen LogP contribution in [0.15, 0.2) is 109 Å². The van der Waals surface area contributed by atoms with Crippen molar-refractivity contribution in [2.75, 3.05) is 0 Å². The maximum Gasteiger partial charge on any atom is 0.149 e. The summed E-state index contributed by atoms with van der Waals surface area (Å²) >= 11 is 0. The minimum absolute atomic E-state index is 0. The zero-order valence-corrected chi connectivity index (χ0v) is 25.8. The molecule has 42 heavy (non-hydrogen) atoms. The number of rotatable bonds is 3. The van der Waals surface area contributed by atoms with Crippen LogP contribution in [-0.2, 0) is 21.1 Å². The van der Waals surface area contributed by atoms with Crippen molar-refractivity contribution in [3.8, 4) is 22.8 Å². The molecule has 5 heteroatoms. The number of aryl methyl sites for hydroxylation is 3. The molecule has 0 spiro atoms. The Morgan fingerprint density at radius 3 is 1.93 bits per heavy atom. The maximum absolute atomic E-state index is 5.45. The third-order valence-corrected chi connectivity index (χ3v) is 8.09. The second-order valence-electron chi connectivity index (χ2n) is 10.9. The summed E-state index contributed by atoms with van der Waals surface area (Å²) in [6, 6.07) is 41.8. The molecular weight excluding hydrogens is 696 g/mol. The fraction of sp³-hybridized carbons (Fsp3) is 0.0811. The molecule has 0 aliphatic carbocycles. The Balaban J connectivity index is 0.00000288. The van der Waals surface area contributed by atoms with E-state index in [2.05, 4.69) is 133 Å². The summed E-state index contributed by atoms with van der Waals surface area (Å²) in [5.41, 5.74) is 10.7. The summed E-state index contributed by atoms with van der Waals surface area (Å²) in [6.45, 7) is 6.42. The van der Waals surface area contributed by atoms with Crippen LogP contribution < -0.4 is 0 Å². The van der Waals surface area contributed by atoms with Gasteiger partial charge in [0.05, 0.1) is 16.7 Å². The molecule has 0 bridgehead atoms. The van der Waals surface area contributed by atoms with E-state index in [1.807, 2.05) is 12.1 Å². The quantitative estimate of drug-likeness (QED) is 0.171. The first-order chi connectivity index (χ1) is 20.1. The minimum Gasteiger partial charge on any atom is -0.318 e. The van der Waals surface area contributed by atoms with Crippen molar-refractivity contribution in [2.45, 2.75) is 20.8 Å². The average molecular weight is 723 g/mol. The molecular formula is C37H27N4Pt-. The number of pyridine rings is 2. The second kappa shape index (κ2) is 10.1. The Morgan fingerprint density at radius 1 is 0.571 bits per heavy atom. The fourth-order valence-corrected chi connectivity index (χ4v) is 6.14. The Bertz CT molecular complexity index is 2290. The summed E-state index contributed by atoms with van der Waals surface area (Å²) in [5, 5.41) is 4.63. The van der Waals surface area contributed by atoms with E-state index in [1.165, 1.54) is 27.5 Å². The van der Waals surface area contributed by atoms with Gasteiger partial charge in [0.1, 0.15) is 17.1 Å². The molecule has 8 aromatic rings. The van der Waals surface area contributed by atoms with E-state index in [1.54, 1.807) is 0 Å². The molecule has 4 aromatic heterocycles. The van der Waals surface area contributed by atoms with Gasteiger partial charge in [-0.05, 0) is 68.8 Å². The van der Waals surface area contributed by atoms with Crippen molar-refractivity contribution in [3.05, 3.63) is 132 Å². The summed E-state index contributed by atoms with van der Waals surface area (Å²) in [6.07, 6.45) is 0. The topological polar surface area (TPSA) is 35.6 Å². The standard InChI is InChI=1S/C37H27N4.Pt/c1-23-16-18-33-28(20-23)30-22-31-29-21-24(2)17-19-34(29)41(37(31)39-36(30)40(33)26-11-5-4-6-12-26)35-15-9-14-32(38-35)27-13-8-7-10-25(27)3;/h4-11,13-22H,1-3H3;/q-1;. The number of fused-ring (bicyclic) bond motifs is 6. The number of nitrogens with zero attached hydrogens (tertiary/aromatic N) is 4. The SMILES string of the molecule is Cc1ccc2c(c1)c1cc3c4cc(C)ccc4n(-c4cccc(-c5ccccc5C)n4)c3nc1n2-c1[c-]cccc1.[Pt].